The van der Waals surface area contributed by atoms with Crippen molar-refractivity contribution in [2.24, 2.45) is 5.92 Å². The van der Waals surface area contributed by atoms with E-state index in [1.54, 1.807) is 0 Å². The molecule has 0 fully saturated rings. The number of carbonyl (C=O) groups is 1. The first-order chi connectivity index (χ1) is 4.76. The summed E-state index contributed by atoms with van der Waals surface area (Å²) in [6.07, 6.45) is 1.48. The van der Waals surface area contributed by atoms with Gasteiger partial charge in [0.2, 0.25) is 0 Å². The number of halogens is 2. The van der Waals surface area contributed by atoms with Gasteiger partial charge in [-0.1, -0.05) is 6.92 Å². The molecule has 1 nitrogen and oxygen atoms in total. The van der Waals surface area contributed by atoms with Crippen LogP contribution in [0.15, 0.2) is 0 Å². The quantitative estimate of drug-likeness (QED) is 0.598. The minimum atomic E-state index is -0.136. The number of alkyl halides is 2. The van der Waals surface area contributed by atoms with Crippen LogP contribution < -0.4 is 0 Å². The van der Waals surface area contributed by atoms with E-state index in [-0.39, 0.29) is 11.7 Å². The van der Waals surface area contributed by atoms with Crippen LogP contribution in [0.3, 0.4) is 0 Å². The average molecular weight is 183 g/mol. The molecule has 0 heterocycles. The third kappa shape index (κ3) is 3.43. The number of hydrogen-bond acceptors (Lipinski definition) is 1. The Labute approximate surface area is 71.7 Å². The second kappa shape index (κ2) is 5.99. The highest BCUT2D eigenvalue weighted by molar-refractivity contribution is 6.23. The number of ketones is 1. The average Bonchev–Trinajstić information content (AvgIpc) is 1.91. The van der Waals surface area contributed by atoms with Crippen molar-refractivity contribution in [3.05, 3.63) is 0 Å². The molecule has 0 unspecified atom stereocenters. The van der Waals surface area contributed by atoms with E-state index >= 15 is 0 Å². The molecule has 0 N–H and O–H groups in total. The predicted octanol–water partition coefficient (Wildman–Crippen LogP) is 2.45. The van der Waals surface area contributed by atoms with Crippen molar-refractivity contribution in [1.29, 1.82) is 0 Å². The number of rotatable bonds is 5. The minimum Gasteiger partial charge on any atom is -0.299 e. The molecule has 3 heteroatoms. The molecule has 10 heavy (non-hydrogen) atoms. The van der Waals surface area contributed by atoms with Crippen molar-refractivity contribution in [1.82, 2.24) is 0 Å². The second-order valence-electron chi connectivity index (χ2n) is 2.22. The highest BCUT2D eigenvalue weighted by atomic mass is 35.5. The Bertz CT molecular complexity index is 99.8. The molecule has 0 radical (unpaired) electrons. The van der Waals surface area contributed by atoms with Gasteiger partial charge >= 0.3 is 0 Å². The van der Waals surface area contributed by atoms with Gasteiger partial charge in [0.15, 0.2) is 0 Å². The van der Waals surface area contributed by atoms with Crippen LogP contribution in [0.1, 0.15) is 19.8 Å². The molecule has 0 bridgehead atoms. The SMILES string of the molecule is CCCC(=O)C(CCl)CCl. The summed E-state index contributed by atoms with van der Waals surface area (Å²) >= 11 is 11.0. The van der Waals surface area contributed by atoms with Gasteiger partial charge < -0.3 is 0 Å². The summed E-state index contributed by atoms with van der Waals surface area (Å²) in [6, 6.07) is 0. The molecule has 0 aromatic carbocycles. The fourth-order valence-corrected chi connectivity index (χ4v) is 1.34. The normalized spacial score (nSPS) is 10.4. The van der Waals surface area contributed by atoms with Crippen molar-refractivity contribution in [3.8, 4) is 0 Å². The Balaban J connectivity index is 3.65. The molecule has 60 valence electrons. The van der Waals surface area contributed by atoms with Crippen LogP contribution in [-0.4, -0.2) is 17.5 Å². The Morgan fingerprint density at radius 3 is 2.20 bits per heavy atom. The van der Waals surface area contributed by atoms with Crippen LogP contribution in [0.5, 0.6) is 0 Å². The molecule has 0 rings (SSSR count). The van der Waals surface area contributed by atoms with Gasteiger partial charge in [0, 0.05) is 24.1 Å². The van der Waals surface area contributed by atoms with Gasteiger partial charge in [0.25, 0.3) is 0 Å². The molecule has 0 saturated heterocycles. The van der Waals surface area contributed by atoms with Crippen molar-refractivity contribution < 1.29 is 4.79 Å². The minimum absolute atomic E-state index is 0.136. The van der Waals surface area contributed by atoms with Crippen LogP contribution in [0.4, 0.5) is 0 Å². The third-order valence-electron chi connectivity index (χ3n) is 1.32. The fourth-order valence-electron chi connectivity index (χ4n) is 0.664. The van der Waals surface area contributed by atoms with Crippen molar-refractivity contribution in [2.75, 3.05) is 11.8 Å². The molecule has 0 aliphatic heterocycles. The van der Waals surface area contributed by atoms with Gasteiger partial charge in [0.1, 0.15) is 5.78 Å². The van der Waals surface area contributed by atoms with Crippen LogP contribution in [0.25, 0.3) is 0 Å². The Morgan fingerprint density at radius 2 is 1.90 bits per heavy atom. The highest BCUT2D eigenvalue weighted by Gasteiger charge is 2.14. The lowest BCUT2D eigenvalue weighted by Gasteiger charge is -2.06. The van der Waals surface area contributed by atoms with Gasteiger partial charge in [-0.05, 0) is 6.42 Å². The van der Waals surface area contributed by atoms with Crippen molar-refractivity contribution in [3.63, 3.8) is 0 Å². The molecule has 0 amide bonds. The summed E-state index contributed by atoms with van der Waals surface area (Å²) in [5.41, 5.74) is 0. The van der Waals surface area contributed by atoms with Gasteiger partial charge in [-0.25, -0.2) is 0 Å². The summed E-state index contributed by atoms with van der Waals surface area (Å²) < 4.78 is 0. The first kappa shape index (κ1) is 10.2. The lowest BCUT2D eigenvalue weighted by molar-refractivity contribution is -0.121. The lowest BCUT2D eigenvalue weighted by Crippen LogP contribution is -2.17. The zero-order valence-electron chi connectivity index (χ0n) is 6.07. The van der Waals surface area contributed by atoms with E-state index in [9.17, 15) is 4.79 Å². The summed E-state index contributed by atoms with van der Waals surface area (Å²) in [7, 11) is 0. The van der Waals surface area contributed by atoms with Crippen LogP contribution in [-0.2, 0) is 4.79 Å². The summed E-state index contributed by atoms with van der Waals surface area (Å²) in [4.78, 5) is 11.0. The molecule has 0 aliphatic carbocycles. The standard InChI is InChI=1S/C7H12Cl2O/c1-2-3-7(10)6(4-8)5-9/h6H,2-5H2,1H3. The molecule has 0 aromatic rings. The smallest absolute Gasteiger partial charge is 0.138 e. The van der Waals surface area contributed by atoms with Gasteiger partial charge in [-0.15, -0.1) is 23.2 Å². The second-order valence-corrected chi connectivity index (χ2v) is 2.84. The maximum atomic E-state index is 11.0. The fraction of sp³-hybridized carbons (Fsp3) is 0.857. The molecule has 0 atom stereocenters. The molecular weight excluding hydrogens is 171 g/mol. The first-order valence-electron chi connectivity index (χ1n) is 3.40. The van der Waals surface area contributed by atoms with Crippen molar-refractivity contribution in [2.45, 2.75) is 19.8 Å². The van der Waals surface area contributed by atoms with Gasteiger partial charge in [-0.2, -0.15) is 0 Å². The van der Waals surface area contributed by atoms with E-state index in [1.807, 2.05) is 6.92 Å². The van der Waals surface area contributed by atoms with Gasteiger partial charge in [0.05, 0.1) is 0 Å². The van der Waals surface area contributed by atoms with E-state index < -0.39 is 0 Å². The van der Waals surface area contributed by atoms with Crippen molar-refractivity contribution >= 4 is 29.0 Å². The molecule has 0 aliphatic rings. The van der Waals surface area contributed by atoms with Gasteiger partial charge in [-0.3, -0.25) is 4.79 Å². The van der Waals surface area contributed by atoms with E-state index in [2.05, 4.69) is 0 Å². The maximum absolute atomic E-state index is 11.0. The summed E-state index contributed by atoms with van der Waals surface area (Å²) in [5, 5.41) is 0. The lowest BCUT2D eigenvalue weighted by atomic mass is 10.1. The van der Waals surface area contributed by atoms with Crippen LogP contribution >= 0.6 is 23.2 Å². The van der Waals surface area contributed by atoms with E-state index in [1.165, 1.54) is 0 Å². The number of Topliss-reactive ketones (excluding diaryl/α,β-unsaturated/α-hetero) is 1. The molecular formula is C7H12Cl2O. The van der Waals surface area contributed by atoms with E-state index in [0.29, 0.717) is 18.2 Å². The van der Waals surface area contributed by atoms with E-state index in [0.717, 1.165) is 6.42 Å². The van der Waals surface area contributed by atoms with Crippen LogP contribution in [0.2, 0.25) is 0 Å². The molecule has 0 spiro atoms. The topological polar surface area (TPSA) is 17.1 Å². The summed E-state index contributed by atoms with van der Waals surface area (Å²) in [5.74, 6) is 0.751. The maximum Gasteiger partial charge on any atom is 0.138 e. The third-order valence-corrected chi connectivity index (χ3v) is 2.07. The monoisotopic (exact) mass is 182 g/mol. The Hall–Kier alpha value is 0.250. The highest BCUT2D eigenvalue weighted by Crippen LogP contribution is 2.07. The predicted molar refractivity (Wildman–Crippen MR) is 44.8 cm³/mol. The first-order valence-corrected chi connectivity index (χ1v) is 4.47. The Morgan fingerprint density at radius 1 is 1.40 bits per heavy atom. The largest absolute Gasteiger partial charge is 0.299 e. The zero-order chi connectivity index (χ0) is 7.98. The number of carbonyl (C=O) groups excluding carboxylic acids is 1. The summed E-state index contributed by atoms with van der Waals surface area (Å²) in [6.45, 7) is 1.97. The Kier molecular flexibility index (Phi) is 6.14. The van der Waals surface area contributed by atoms with Crippen LogP contribution in [0, 0.1) is 5.92 Å². The number of hydrogen-bond donors (Lipinski definition) is 0. The molecule has 0 saturated carbocycles. The molecule has 0 aromatic heterocycles. The van der Waals surface area contributed by atoms with E-state index in [4.69, 9.17) is 23.2 Å². The zero-order valence-corrected chi connectivity index (χ0v) is 7.58.